The number of esters is 1. The highest BCUT2D eigenvalue weighted by Gasteiger charge is 2.29. The molecule has 0 heterocycles. The van der Waals surface area contributed by atoms with Gasteiger partial charge in [-0.15, -0.1) is 0 Å². The summed E-state index contributed by atoms with van der Waals surface area (Å²) in [5.41, 5.74) is -0.0426. The normalized spacial score (nSPS) is 12.3. The lowest BCUT2D eigenvalue weighted by Crippen LogP contribution is -2.19. The zero-order valence-electron chi connectivity index (χ0n) is 8.87. The van der Waals surface area contributed by atoms with E-state index in [0.717, 1.165) is 12.1 Å². The molecule has 1 rings (SSSR count). The number of carbonyl (C=O) groups is 1. The quantitative estimate of drug-likeness (QED) is 0.395. The van der Waals surface area contributed by atoms with E-state index in [0.29, 0.717) is 6.08 Å². The van der Waals surface area contributed by atoms with Crippen LogP contribution in [0.3, 0.4) is 0 Å². The van der Waals surface area contributed by atoms with Crippen molar-refractivity contribution >= 4 is 11.7 Å². The fourth-order valence-corrected chi connectivity index (χ4v) is 1.04. The third-order valence-electron chi connectivity index (χ3n) is 1.75. The monoisotopic (exact) mass is 264 g/mol. The van der Waals surface area contributed by atoms with Gasteiger partial charge in [0.15, 0.2) is 6.61 Å². The molecule has 3 nitrogen and oxygen atoms in total. The largest absolute Gasteiger partial charge is 0.507 e. The first kappa shape index (κ1) is 14.0. The maximum absolute atomic E-state index is 12.8. The van der Waals surface area contributed by atoms with E-state index in [1.165, 1.54) is 12.1 Å². The smallest absolute Gasteiger partial charge is 0.422 e. The van der Waals surface area contributed by atoms with Gasteiger partial charge in [0.1, 0.15) is 11.6 Å². The fraction of sp³-hybridized carbons (Fsp3) is 0.182. The maximum atomic E-state index is 12.8. The number of carbonyl (C=O) groups excluding carboxylic acids is 1. The molecule has 0 amide bonds. The molecule has 0 aliphatic carbocycles. The van der Waals surface area contributed by atoms with Crippen LogP contribution in [0.1, 0.15) is 5.56 Å². The molecule has 1 aromatic carbocycles. The van der Waals surface area contributed by atoms with E-state index >= 15 is 0 Å². The van der Waals surface area contributed by atoms with Crippen LogP contribution in [0.15, 0.2) is 30.3 Å². The van der Waals surface area contributed by atoms with Crippen molar-refractivity contribution < 1.29 is 32.2 Å². The van der Waals surface area contributed by atoms with E-state index < -0.39 is 30.3 Å². The zero-order chi connectivity index (χ0) is 13.8. The Bertz CT molecular complexity index is 466. The Morgan fingerprint density at radius 2 is 2.06 bits per heavy atom. The lowest BCUT2D eigenvalue weighted by atomic mass is 10.2. The van der Waals surface area contributed by atoms with Crippen molar-refractivity contribution in [2.24, 2.45) is 0 Å². The summed E-state index contributed by atoms with van der Waals surface area (Å²) in [6.07, 6.45) is -4.20. The molecule has 0 aromatic heterocycles. The Morgan fingerprint density at radius 3 is 2.61 bits per heavy atom. The number of aliphatic hydroxyl groups excluding tert-OH is 1. The Balaban J connectivity index is 2.69. The second kappa shape index (κ2) is 5.52. The topological polar surface area (TPSA) is 46.5 Å². The van der Waals surface area contributed by atoms with Gasteiger partial charge in [0.2, 0.25) is 0 Å². The molecule has 0 saturated heterocycles. The van der Waals surface area contributed by atoms with Gasteiger partial charge in [-0.1, -0.05) is 12.1 Å². The molecule has 1 aromatic rings. The Morgan fingerprint density at radius 1 is 1.39 bits per heavy atom. The van der Waals surface area contributed by atoms with Crippen molar-refractivity contribution in [1.29, 1.82) is 0 Å². The van der Waals surface area contributed by atoms with Gasteiger partial charge >= 0.3 is 12.1 Å². The third kappa shape index (κ3) is 4.86. The molecule has 18 heavy (non-hydrogen) atoms. The highest BCUT2D eigenvalue weighted by Crippen LogP contribution is 2.16. The number of aliphatic hydroxyl groups is 1. The average molecular weight is 264 g/mol. The molecule has 0 fully saturated rings. The zero-order valence-corrected chi connectivity index (χ0v) is 8.87. The molecule has 1 N–H and O–H groups in total. The first-order chi connectivity index (χ1) is 8.28. The lowest BCUT2D eigenvalue weighted by molar-refractivity contribution is -0.182. The summed E-state index contributed by atoms with van der Waals surface area (Å²) >= 11 is 0. The first-order valence-corrected chi connectivity index (χ1v) is 4.68. The van der Waals surface area contributed by atoms with Crippen molar-refractivity contribution in [3.05, 3.63) is 41.7 Å². The van der Waals surface area contributed by atoms with Gasteiger partial charge in [0.05, 0.1) is 6.08 Å². The Kier molecular flexibility index (Phi) is 4.30. The second-order valence-electron chi connectivity index (χ2n) is 3.26. The average Bonchev–Trinajstić information content (AvgIpc) is 2.25. The molecule has 7 heteroatoms. The lowest BCUT2D eigenvalue weighted by Gasteiger charge is -2.06. The van der Waals surface area contributed by atoms with Gasteiger partial charge in [-0.3, -0.25) is 0 Å². The van der Waals surface area contributed by atoms with E-state index in [4.69, 9.17) is 0 Å². The van der Waals surface area contributed by atoms with Gasteiger partial charge in [-0.25, -0.2) is 9.18 Å². The molecule has 0 saturated carbocycles. The fourth-order valence-electron chi connectivity index (χ4n) is 1.04. The van der Waals surface area contributed by atoms with Crippen LogP contribution in [0.2, 0.25) is 0 Å². The van der Waals surface area contributed by atoms with Crippen molar-refractivity contribution in [3.63, 3.8) is 0 Å². The minimum absolute atomic E-state index is 0.0426. The van der Waals surface area contributed by atoms with E-state index in [1.54, 1.807) is 0 Å². The van der Waals surface area contributed by atoms with Gasteiger partial charge in [-0.2, -0.15) is 13.2 Å². The van der Waals surface area contributed by atoms with E-state index in [2.05, 4.69) is 4.74 Å². The molecular formula is C11H8F4O3. The number of halogens is 4. The predicted molar refractivity (Wildman–Crippen MR) is 54.0 cm³/mol. The number of benzene rings is 1. The van der Waals surface area contributed by atoms with E-state index in [1.807, 2.05) is 0 Å². The van der Waals surface area contributed by atoms with Crippen LogP contribution in [-0.2, 0) is 9.53 Å². The molecule has 0 unspecified atom stereocenters. The number of alkyl halides is 3. The van der Waals surface area contributed by atoms with Crippen LogP contribution < -0.4 is 0 Å². The van der Waals surface area contributed by atoms with Crippen molar-refractivity contribution in [2.45, 2.75) is 6.18 Å². The first-order valence-electron chi connectivity index (χ1n) is 4.68. The SMILES string of the molecule is O=C(C=C(O)c1cccc(F)c1)OCC(F)(F)F. The van der Waals surface area contributed by atoms with Gasteiger partial charge in [-0.05, 0) is 12.1 Å². The Hall–Kier alpha value is -2.05. The van der Waals surface area contributed by atoms with Gasteiger partial charge in [0.25, 0.3) is 0 Å². The van der Waals surface area contributed by atoms with E-state index in [9.17, 15) is 27.5 Å². The Labute approximate surface area is 99.3 Å². The van der Waals surface area contributed by atoms with Gasteiger partial charge < -0.3 is 9.84 Å². The summed E-state index contributed by atoms with van der Waals surface area (Å²) in [6, 6.07) is 4.59. The van der Waals surface area contributed by atoms with Crippen LogP contribution >= 0.6 is 0 Å². The number of hydrogen-bond donors (Lipinski definition) is 1. The number of ether oxygens (including phenoxy) is 1. The van der Waals surface area contributed by atoms with Gasteiger partial charge in [0, 0.05) is 5.56 Å². The second-order valence-corrected chi connectivity index (χ2v) is 3.26. The minimum Gasteiger partial charge on any atom is -0.507 e. The van der Waals surface area contributed by atoms with Crippen LogP contribution in [0, 0.1) is 5.82 Å². The van der Waals surface area contributed by atoms with Crippen molar-refractivity contribution in [1.82, 2.24) is 0 Å². The summed E-state index contributed by atoms with van der Waals surface area (Å²) in [7, 11) is 0. The molecule has 0 aliphatic rings. The van der Waals surface area contributed by atoms with Crippen LogP contribution in [0.25, 0.3) is 5.76 Å². The summed E-state index contributed by atoms with van der Waals surface area (Å²) in [5, 5.41) is 9.36. The highest BCUT2D eigenvalue weighted by molar-refractivity contribution is 5.89. The van der Waals surface area contributed by atoms with E-state index in [-0.39, 0.29) is 5.56 Å². The molecule has 0 aliphatic heterocycles. The number of rotatable bonds is 3. The molecule has 0 radical (unpaired) electrons. The third-order valence-corrected chi connectivity index (χ3v) is 1.75. The standard InChI is InChI=1S/C11H8F4O3/c12-8-3-1-2-7(4-8)9(16)5-10(17)18-6-11(13,14)15/h1-5,16H,6H2. The molecule has 0 atom stereocenters. The van der Waals surface area contributed by atoms with Crippen molar-refractivity contribution in [3.8, 4) is 0 Å². The van der Waals surface area contributed by atoms with Crippen LogP contribution in [0.4, 0.5) is 17.6 Å². The summed E-state index contributed by atoms with van der Waals surface area (Å²) in [6.45, 7) is -1.75. The summed E-state index contributed by atoms with van der Waals surface area (Å²) in [4.78, 5) is 10.9. The maximum Gasteiger partial charge on any atom is 0.422 e. The van der Waals surface area contributed by atoms with Crippen LogP contribution in [0.5, 0.6) is 0 Å². The predicted octanol–water partition coefficient (Wildman–Crippen LogP) is 2.83. The van der Waals surface area contributed by atoms with Crippen molar-refractivity contribution in [2.75, 3.05) is 6.61 Å². The molecule has 0 bridgehead atoms. The number of hydrogen-bond acceptors (Lipinski definition) is 3. The van der Waals surface area contributed by atoms with Crippen LogP contribution in [-0.4, -0.2) is 23.9 Å². The molecule has 0 spiro atoms. The summed E-state index contributed by atoms with van der Waals surface area (Å²) < 4.78 is 51.8. The summed E-state index contributed by atoms with van der Waals surface area (Å²) in [5.74, 6) is -2.70. The molecular weight excluding hydrogens is 256 g/mol. The minimum atomic E-state index is -4.64. The molecule has 98 valence electrons. The highest BCUT2D eigenvalue weighted by atomic mass is 19.4.